The number of carboxylic acids is 1. The molecule has 0 aromatic heterocycles. The third-order valence-electron chi connectivity index (χ3n) is 4.21. The van der Waals surface area contributed by atoms with Crippen LogP contribution in [0.2, 0.25) is 0 Å². The van der Waals surface area contributed by atoms with Crippen molar-refractivity contribution in [2.24, 2.45) is 5.92 Å². The minimum atomic E-state index is -0.861. The van der Waals surface area contributed by atoms with Crippen molar-refractivity contribution in [1.82, 2.24) is 4.90 Å². The molecule has 0 radical (unpaired) electrons. The second-order valence-electron chi connectivity index (χ2n) is 5.58. The lowest BCUT2D eigenvalue weighted by atomic mass is 9.99. The monoisotopic (exact) mass is 292 g/mol. The van der Waals surface area contributed by atoms with Gasteiger partial charge >= 0.3 is 12.0 Å². The Balaban J connectivity index is 1.78. The Morgan fingerprint density at radius 3 is 2.86 bits per heavy atom. The number of halogens is 1. The number of piperidine rings is 1. The van der Waals surface area contributed by atoms with Gasteiger partial charge in [0.1, 0.15) is 5.82 Å². The highest BCUT2D eigenvalue weighted by molar-refractivity contribution is 5.94. The molecule has 0 saturated carbocycles. The number of likely N-dealkylation sites (tertiary alicyclic amines) is 1. The zero-order valence-corrected chi connectivity index (χ0v) is 11.6. The van der Waals surface area contributed by atoms with Gasteiger partial charge in [-0.1, -0.05) is 6.07 Å². The van der Waals surface area contributed by atoms with Crippen LogP contribution in [0, 0.1) is 11.7 Å². The minimum absolute atomic E-state index is 0.217. The van der Waals surface area contributed by atoms with Crippen molar-refractivity contribution in [3.05, 3.63) is 29.6 Å². The average molecular weight is 292 g/mol. The summed E-state index contributed by atoms with van der Waals surface area (Å²) >= 11 is 0. The maximum absolute atomic E-state index is 13.4. The molecular formula is C15H17FN2O3. The Labute approximate surface area is 122 Å². The van der Waals surface area contributed by atoms with E-state index < -0.39 is 11.9 Å². The van der Waals surface area contributed by atoms with E-state index in [1.807, 2.05) is 0 Å². The van der Waals surface area contributed by atoms with Crippen LogP contribution in [0.15, 0.2) is 18.2 Å². The Bertz CT molecular complexity index is 590. The highest BCUT2D eigenvalue weighted by Crippen LogP contribution is 2.30. The number of urea groups is 1. The molecule has 5 nitrogen and oxygen atoms in total. The van der Waals surface area contributed by atoms with E-state index in [4.69, 9.17) is 5.11 Å². The smallest absolute Gasteiger partial charge is 0.324 e. The van der Waals surface area contributed by atoms with E-state index in [-0.39, 0.29) is 18.4 Å². The van der Waals surface area contributed by atoms with Gasteiger partial charge in [0.15, 0.2) is 0 Å². The molecule has 0 spiro atoms. The molecule has 2 aliphatic heterocycles. The number of fused-ring (bicyclic) bond motifs is 1. The van der Waals surface area contributed by atoms with Crippen LogP contribution in [0.3, 0.4) is 0 Å². The van der Waals surface area contributed by atoms with Crippen molar-refractivity contribution >= 4 is 17.7 Å². The average Bonchev–Trinajstić information content (AvgIpc) is 2.89. The van der Waals surface area contributed by atoms with Crippen LogP contribution in [0.1, 0.15) is 18.4 Å². The zero-order chi connectivity index (χ0) is 15.0. The van der Waals surface area contributed by atoms with Crippen LogP contribution in [0.5, 0.6) is 0 Å². The van der Waals surface area contributed by atoms with Crippen molar-refractivity contribution in [3.8, 4) is 0 Å². The lowest BCUT2D eigenvalue weighted by Gasteiger charge is -2.33. The van der Waals surface area contributed by atoms with Crippen molar-refractivity contribution in [2.75, 3.05) is 24.5 Å². The number of hydrogen-bond acceptors (Lipinski definition) is 2. The number of carbonyl (C=O) groups excluding carboxylic acids is 1. The number of carboxylic acid groups (broad SMARTS) is 1. The Hall–Kier alpha value is -2.11. The molecule has 1 saturated heterocycles. The number of anilines is 1. The fraction of sp³-hybridized carbons (Fsp3) is 0.467. The molecule has 1 aromatic carbocycles. The normalized spacial score (nSPS) is 21.3. The number of carbonyl (C=O) groups is 2. The molecule has 1 N–H and O–H groups in total. The summed E-state index contributed by atoms with van der Waals surface area (Å²) < 4.78 is 13.4. The van der Waals surface area contributed by atoms with Gasteiger partial charge in [0.25, 0.3) is 0 Å². The van der Waals surface area contributed by atoms with Crippen molar-refractivity contribution in [2.45, 2.75) is 19.3 Å². The van der Waals surface area contributed by atoms with Gasteiger partial charge in [-0.15, -0.1) is 0 Å². The van der Waals surface area contributed by atoms with Gasteiger partial charge in [0.2, 0.25) is 0 Å². The number of nitrogens with zero attached hydrogens (tertiary/aromatic N) is 2. The fourth-order valence-corrected chi connectivity index (χ4v) is 3.07. The second-order valence-corrected chi connectivity index (χ2v) is 5.58. The van der Waals surface area contributed by atoms with Gasteiger partial charge in [0.05, 0.1) is 11.6 Å². The predicted molar refractivity (Wildman–Crippen MR) is 74.8 cm³/mol. The molecule has 3 rings (SSSR count). The van der Waals surface area contributed by atoms with Gasteiger partial charge < -0.3 is 10.0 Å². The summed E-state index contributed by atoms with van der Waals surface area (Å²) in [6.07, 6.45) is 1.99. The minimum Gasteiger partial charge on any atom is -0.481 e. The topological polar surface area (TPSA) is 60.9 Å². The largest absolute Gasteiger partial charge is 0.481 e. The predicted octanol–water partition coefficient (Wildman–Crippen LogP) is 2.10. The van der Waals surface area contributed by atoms with Gasteiger partial charge in [-0.05, 0) is 37.0 Å². The van der Waals surface area contributed by atoms with E-state index in [0.29, 0.717) is 38.0 Å². The molecule has 2 amide bonds. The van der Waals surface area contributed by atoms with E-state index in [9.17, 15) is 14.0 Å². The van der Waals surface area contributed by atoms with Crippen LogP contribution in [0.25, 0.3) is 0 Å². The summed E-state index contributed by atoms with van der Waals surface area (Å²) in [6.45, 7) is 1.31. The summed E-state index contributed by atoms with van der Waals surface area (Å²) in [5, 5.41) is 9.10. The van der Waals surface area contributed by atoms with Crippen LogP contribution in [-0.4, -0.2) is 41.6 Å². The molecule has 1 aromatic rings. The molecule has 0 unspecified atom stereocenters. The number of aliphatic carboxylic acids is 1. The lowest BCUT2D eigenvalue weighted by molar-refractivity contribution is -0.143. The quantitative estimate of drug-likeness (QED) is 0.862. The molecule has 6 heteroatoms. The standard InChI is InChI=1S/C15H17FN2O3/c16-12-4-3-10-5-7-18(13(10)8-12)15(21)17-6-1-2-11(9-17)14(19)20/h3-4,8,11H,1-2,5-7,9H2,(H,19,20)/t11-/m1/s1. The maximum Gasteiger partial charge on any atom is 0.324 e. The third kappa shape index (κ3) is 2.57. The number of rotatable bonds is 1. The van der Waals surface area contributed by atoms with Crippen LogP contribution < -0.4 is 4.90 Å². The molecule has 1 atom stereocenters. The highest BCUT2D eigenvalue weighted by Gasteiger charge is 2.33. The first-order chi connectivity index (χ1) is 10.1. The summed E-state index contributed by atoms with van der Waals surface area (Å²) in [4.78, 5) is 26.8. The first kappa shape index (κ1) is 13.9. The molecular weight excluding hydrogens is 275 g/mol. The second kappa shape index (κ2) is 5.35. The number of amides is 2. The number of benzene rings is 1. The molecule has 21 heavy (non-hydrogen) atoms. The van der Waals surface area contributed by atoms with Crippen LogP contribution >= 0.6 is 0 Å². The van der Waals surface area contributed by atoms with E-state index in [0.717, 1.165) is 5.56 Å². The van der Waals surface area contributed by atoms with E-state index >= 15 is 0 Å². The van der Waals surface area contributed by atoms with Gasteiger partial charge in [0, 0.05) is 19.6 Å². The Kier molecular flexibility index (Phi) is 3.53. The van der Waals surface area contributed by atoms with Gasteiger partial charge in [-0.3, -0.25) is 9.69 Å². The van der Waals surface area contributed by atoms with E-state index in [2.05, 4.69) is 0 Å². The Morgan fingerprint density at radius 2 is 2.10 bits per heavy atom. The van der Waals surface area contributed by atoms with Gasteiger partial charge in [-0.2, -0.15) is 0 Å². The third-order valence-corrected chi connectivity index (χ3v) is 4.21. The summed E-state index contributed by atoms with van der Waals surface area (Å²) in [7, 11) is 0. The molecule has 0 bridgehead atoms. The molecule has 1 fully saturated rings. The highest BCUT2D eigenvalue weighted by atomic mass is 19.1. The maximum atomic E-state index is 13.4. The van der Waals surface area contributed by atoms with Crippen molar-refractivity contribution < 1.29 is 19.1 Å². The number of hydrogen-bond donors (Lipinski definition) is 1. The molecule has 2 heterocycles. The molecule has 112 valence electrons. The zero-order valence-electron chi connectivity index (χ0n) is 11.6. The summed E-state index contributed by atoms with van der Waals surface area (Å²) in [6, 6.07) is 4.26. The van der Waals surface area contributed by atoms with Crippen LogP contribution in [-0.2, 0) is 11.2 Å². The van der Waals surface area contributed by atoms with Crippen LogP contribution in [0.4, 0.5) is 14.9 Å². The van der Waals surface area contributed by atoms with E-state index in [1.165, 1.54) is 12.1 Å². The van der Waals surface area contributed by atoms with Crippen molar-refractivity contribution in [3.63, 3.8) is 0 Å². The molecule has 2 aliphatic rings. The van der Waals surface area contributed by atoms with Crippen molar-refractivity contribution in [1.29, 1.82) is 0 Å². The Morgan fingerprint density at radius 1 is 1.29 bits per heavy atom. The van der Waals surface area contributed by atoms with E-state index in [1.54, 1.807) is 15.9 Å². The summed E-state index contributed by atoms with van der Waals surface area (Å²) in [5.41, 5.74) is 1.56. The first-order valence-electron chi connectivity index (χ1n) is 7.14. The lowest BCUT2D eigenvalue weighted by Crippen LogP contribution is -2.48. The summed E-state index contributed by atoms with van der Waals surface area (Å²) in [5.74, 6) is -1.73. The fourth-order valence-electron chi connectivity index (χ4n) is 3.07. The SMILES string of the molecule is O=C(O)[C@@H]1CCCN(C(=O)N2CCc3ccc(F)cc32)C1. The molecule has 0 aliphatic carbocycles. The van der Waals surface area contributed by atoms with Gasteiger partial charge in [-0.25, -0.2) is 9.18 Å². The first-order valence-corrected chi connectivity index (χ1v) is 7.14.